The van der Waals surface area contributed by atoms with Gasteiger partial charge in [0.1, 0.15) is 11.6 Å². The van der Waals surface area contributed by atoms with Crippen molar-refractivity contribution in [3.63, 3.8) is 0 Å². The minimum atomic E-state index is -0.796. The molecule has 0 bridgehead atoms. The second-order valence-electron chi connectivity index (χ2n) is 6.57. The van der Waals surface area contributed by atoms with E-state index in [2.05, 4.69) is 6.92 Å². The molecule has 0 radical (unpaired) electrons. The molecular weight excluding hydrogens is 268 g/mol. The maximum absolute atomic E-state index is 12.6. The van der Waals surface area contributed by atoms with E-state index < -0.39 is 5.41 Å². The first-order valence-electron chi connectivity index (χ1n) is 8.16. The van der Waals surface area contributed by atoms with Gasteiger partial charge in [0.15, 0.2) is 0 Å². The van der Waals surface area contributed by atoms with Crippen molar-refractivity contribution in [1.82, 2.24) is 0 Å². The zero-order valence-electron chi connectivity index (χ0n) is 13.2. The highest BCUT2D eigenvalue weighted by Crippen LogP contribution is 2.60. The van der Waals surface area contributed by atoms with Crippen LogP contribution < -0.4 is 0 Å². The number of methoxy groups -OCH3 is 1. The normalized spacial score (nSPS) is 28.1. The van der Waals surface area contributed by atoms with Gasteiger partial charge in [-0.05, 0) is 31.1 Å². The summed E-state index contributed by atoms with van der Waals surface area (Å²) in [4.78, 5) is 36.8. The Morgan fingerprint density at radius 1 is 1.10 bits per heavy atom. The zero-order chi connectivity index (χ0) is 15.5. The molecule has 0 aromatic heterocycles. The Hall–Kier alpha value is -1.19. The number of carbonyl (C=O) groups is 3. The van der Waals surface area contributed by atoms with Crippen molar-refractivity contribution in [3.8, 4) is 0 Å². The van der Waals surface area contributed by atoms with Crippen molar-refractivity contribution < 1.29 is 19.1 Å². The largest absolute Gasteiger partial charge is 0.469 e. The molecule has 0 amide bonds. The zero-order valence-corrected chi connectivity index (χ0v) is 13.2. The molecule has 0 N–H and O–H groups in total. The molecule has 2 aliphatic rings. The Labute approximate surface area is 126 Å². The Balaban J connectivity index is 2.36. The standard InChI is InChI=1S/C17H26O4/c1-3-9-16(12-8-15(20)21-2)10-4-5-11-17(16)13(18)6-7-14(17)19/h3-12H2,1-2H3. The number of Topliss-reactive ketones (excluding diaryl/α,β-unsaturated/α-hetero) is 2. The van der Waals surface area contributed by atoms with Crippen molar-refractivity contribution in [1.29, 1.82) is 0 Å². The number of hydrogen-bond acceptors (Lipinski definition) is 4. The van der Waals surface area contributed by atoms with Gasteiger partial charge in [0.25, 0.3) is 0 Å². The molecule has 118 valence electrons. The van der Waals surface area contributed by atoms with Gasteiger partial charge < -0.3 is 4.74 Å². The summed E-state index contributed by atoms with van der Waals surface area (Å²) in [6, 6.07) is 0. The molecule has 0 heterocycles. The van der Waals surface area contributed by atoms with E-state index in [9.17, 15) is 14.4 Å². The molecule has 1 atom stereocenters. The van der Waals surface area contributed by atoms with Crippen LogP contribution in [0.3, 0.4) is 0 Å². The molecule has 1 spiro atoms. The molecule has 0 saturated heterocycles. The summed E-state index contributed by atoms with van der Waals surface area (Å²) >= 11 is 0. The maximum Gasteiger partial charge on any atom is 0.305 e. The molecule has 4 nitrogen and oxygen atoms in total. The predicted molar refractivity (Wildman–Crippen MR) is 78.7 cm³/mol. The number of ketones is 2. The van der Waals surface area contributed by atoms with E-state index >= 15 is 0 Å². The Kier molecular flexibility index (Phi) is 4.84. The van der Waals surface area contributed by atoms with Crippen LogP contribution in [0.1, 0.15) is 71.1 Å². The first-order valence-corrected chi connectivity index (χ1v) is 8.16. The molecule has 2 rings (SSSR count). The smallest absolute Gasteiger partial charge is 0.305 e. The first-order chi connectivity index (χ1) is 10.0. The fourth-order valence-corrected chi connectivity index (χ4v) is 4.74. The minimum Gasteiger partial charge on any atom is -0.469 e. The molecular formula is C17H26O4. The van der Waals surface area contributed by atoms with Crippen LogP contribution in [0, 0.1) is 10.8 Å². The van der Waals surface area contributed by atoms with Crippen LogP contribution in [0.5, 0.6) is 0 Å². The molecule has 2 saturated carbocycles. The highest BCUT2D eigenvalue weighted by molar-refractivity contribution is 6.13. The summed E-state index contributed by atoms with van der Waals surface area (Å²) < 4.78 is 4.76. The fourth-order valence-electron chi connectivity index (χ4n) is 4.74. The second-order valence-corrected chi connectivity index (χ2v) is 6.57. The van der Waals surface area contributed by atoms with Gasteiger partial charge in [0.2, 0.25) is 0 Å². The van der Waals surface area contributed by atoms with E-state index in [1.165, 1.54) is 7.11 Å². The monoisotopic (exact) mass is 294 g/mol. The Morgan fingerprint density at radius 3 is 2.29 bits per heavy atom. The lowest BCUT2D eigenvalue weighted by atomic mass is 9.51. The summed E-state index contributed by atoms with van der Waals surface area (Å²) in [5.74, 6) is 0.0140. The number of esters is 1. The van der Waals surface area contributed by atoms with Crippen molar-refractivity contribution in [2.24, 2.45) is 10.8 Å². The SMILES string of the molecule is CCCC1(CCC(=O)OC)CCCCC12C(=O)CCC2=O. The fraction of sp³-hybridized carbons (Fsp3) is 0.824. The van der Waals surface area contributed by atoms with Crippen LogP contribution in [0.25, 0.3) is 0 Å². The van der Waals surface area contributed by atoms with Crippen LogP contribution in [0.2, 0.25) is 0 Å². The molecule has 2 fully saturated rings. The molecule has 1 unspecified atom stereocenters. The second kappa shape index (κ2) is 6.29. The van der Waals surface area contributed by atoms with Gasteiger partial charge in [-0.2, -0.15) is 0 Å². The van der Waals surface area contributed by atoms with Crippen LogP contribution in [-0.2, 0) is 19.1 Å². The van der Waals surface area contributed by atoms with Crippen LogP contribution in [0.4, 0.5) is 0 Å². The lowest BCUT2D eigenvalue weighted by Crippen LogP contribution is -2.52. The van der Waals surface area contributed by atoms with E-state index in [1.807, 2.05) is 0 Å². The van der Waals surface area contributed by atoms with E-state index in [0.717, 1.165) is 32.1 Å². The van der Waals surface area contributed by atoms with Crippen molar-refractivity contribution >= 4 is 17.5 Å². The number of carbonyl (C=O) groups excluding carboxylic acids is 3. The first kappa shape index (κ1) is 16.2. The third-order valence-corrected chi connectivity index (χ3v) is 5.66. The average molecular weight is 294 g/mol. The lowest BCUT2D eigenvalue weighted by Gasteiger charge is -2.50. The van der Waals surface area contributed by atoms with Crippen molar-refractivity contribution in [2.45, 2.75) is 71.1 Å². The third kappa shape index (κ3) is 2.53. The van der Waals surface area contributed by atoms with Gasteiger partial charge in [-0.1, -0.05) is 26.2 Å². The van der Waals surface area contributed by atoms with Gasteiger partial charge in [-0.3, -0.25) is 14.4 Å². The summed E-state index contributed by atoms with van der Waals surface area (Å²) in [6.45, 7) is 2.09. The Morgan fingerprint density at radius 2 is 1.71 bits per heavy atom. The quantitative estimate of drug-likeness (QED) is 0.577. The highest BCUT2D eigenvalue weighted by Gasteiger charge is 2.62. The van der Waals surface area contributed by atoms with Gasteiger partial charge in [-0.15, -0.1) is 0 Å². The van der Waals surface area contributed by atoms with Gasteiger partial charge in [-0.25, -0.2) is 0 Å². The molecule has 21 heavy (non-hydrogen) atoms. The summed E-state index contributed by atoms with van der Waals surface area (Å²) in [5.41, 5.74) is -1.12. The van der Waals surface area contributed by atoms with Crippen molar-refractivity contribution in [3.05, 3.63) is 0 Å². The van der Waals surface area contributed by atoms with Gasteiger partial charge in [0, 0.05) is 19.3 Å². The van der Waals surface area contributed by atoms with Crippen molar-refractivity contribution in [2.75, 3.05) is 7.11 Å². The van der Waals surface area contributed by atoms with E-state index in [0.29, 0.717) is 32.1 Å². The summed E-state index contributed by atoms with van der Waals surface area (Å²) in [5, 5.41) is 0. The number of ether oxygens (including phenoxy) is 1. The average Bonchev–Trinajstić information content (AvgIpc) is 2.77. The van der Waals surface area contributed by atoms with Gasteiger partial charge in [0.05, 0.1) is 12.5 Å². The van der Waals surface area contributed by atoms with Crippen LogP contribution in [0.15, 0.2) is 0 Å². The number of hydrogen-bond donors (Lipinski definition) is 0. The maximum atomic E-state index is 12.6. The number of rotatable bonds is 5. The minimum absolute atomic E-state index is 0.130. The molecule has 0 aromatic rings. The summed E-state index contributed by atoms with van der Waals surface area (Å²) in [6.07, 6.45) is 7.03. The van der Waals surface area contributed by atoms with Gasteiger partial charge >= 0.3 is 5.97 Å². The Bertz CT molecular complexity index is 420. The predicted octanol–water partition coefficient (Wildman–Crippen LogP) is 3.22. The van der Waals surface area contributed by atoms with Crippen LogP contribution in [-0.4, -0.2) is 24.6 Å². The van der Waals surface area contributed by atoms with E-state index in [4.69, 9.17) is 4.74 Å². The third-order valence-electron chi connectivity index (χ3n) is 5.66. The molecule has 0 aromatic carbocycles. The van der Waals surface area contributed by atoms with E-state index in [-0.39, 0.29) is 23.0 Å². The topological polar surface area (TPSA) is 60.4 Å². The molecule has 4 heteroatoms. The highest BCUT2D eigenvalue weighted by atomic mass is 16.5. The van der Waals surface area contributed by atoms with Crippen LogP contribution >= 0.6 is 0 Å². The van der Waals surface area contributed by atoms with E-state index in [1.54, 1.807) is 0 Å². The molecule has 0 aliphatic heterocycles. The lowest BCUT2D eigenvalue weighted by molar-refractivity contribution is -0.154. The molecule has 2 aliphatic carbocycles. The summed E-state index contributed by atoms with van der Waals surface area (Å²) in [7, 11) is 1.39.